The molecular weight excluding hydrogens is 268 g/mol. The Morgan fingerprint density at radius 2 is 1.60 bits per heavy atom. The first-order chi connectivity index (χ1) is 6.46. The second-order valence-electron chi connectivity index (χ2n) is 2.66. The number of hydrogen-bond donors (Lipinski definition) is 7. The Bertz CT molecular complexity index is 271. The maximum absolute atomic E-state index is 10.8. The molecule has 0 saturated carbocycles. The molecule has 0 aromatic carbocycles. The van der Waals surface area contributed by atoms with Crippen molar-refractivity contribution in [3.05, 3.63) is 0 Å². The van der Waals surface area contributed by atoms with Crippen LogP contribution in [0.3, 0.4) is 0 Å². The topological polar surface area (TPSA) is 164 Å². The summed E-state index contributed by atoms with van der Waals surface area (Å²) in [5, 5.41) is 0. The molecule has 0 spiro atoms. The van der Waals surface area contributed by atoms with Crippen molar-refractivity contribution < 1.29 is 34.2 Å². The molecule has 0 aromatic rings. The second kappa shape index (κ2) is 5.11. The normalized spacial score (nSPS) is 14.9. The van der Waals surface area contributed by atoms with E-state index in [0.717, 1.165) is 0 Å². The number of thiocarbonyl (C=S) groups is 1. The van der Waals surface area contributed by atoms with Gasteiger partial charge in [-0.3, -0.25) is 5.73 Å². The van der Waals surface area contributed by atoms with E-state index in [2.05, 4.69) is 12.2 Å². The summed E-state index contributed by atoms with van der Waals surface area (Å²) in [6, 6.07) is 0. The van der Waals surface area contributed by atoms with Crippen LogP contribution in [-0.2, 0) is 4.79 Å². The Balaban J connectivity index is 4.47. The first kappa shape index (κ1) is 15.3. The molecule has 0 saturated heterocycles. The van der Waals surface area contributed by atoms with Gasteiger partial charge in [-0.15, -0.1) is 0 Å². The summed E-state index contributed by atoms with van der Waals surface area (Å²) in [5.74, 6) is -1.73. The molecule has 0 heterocycles. The van der Waals surface area contributed by atoms with E-state index in [1.165, 1.54) is 0 Å². The fourth-order valence-corrected chi connectivity index (χ4v) is 2.08. The highest BCUT2D eigenvalue weighted by Gasteiger charge is 2.48. The molecule has 1 atom stereocenters. The maximum Gasteiger partial charge on any atom is 0.478 e. The third-order valence-corrected chi connectivity index (χ3v) is 3.82. The van der Waals surface area contributed by atoms with E-state index in [1.807, 2.05) is 0 Å². The first-order valence-corrected chi connectivity index (χ1v) is 7.19. The van der Waals surface area contributed by atoms with Crippen LogP contribution < -0.4 is 5.73 Å². The van der Waals surface area contributed by atoms with Gasteiger partial charge in [-0.2, -0.15) is 29.4 Å². The Morgan fingerprint density at radius 3 is 1.87 bits per heavy atom. The summed E-state index contributed by atoms with van der Waals surface area (Å²) in [5.41, 5.74) is 3.68. The molecule has 11 heteroatoms. The quantitative estimate of drug-likeness (QED) is 0.223. The average Bonchev–Trinajstić information content (AvgIpc) is 1.99. The predicted molar refractivity (Wildman–Crippen MR) is 57.4 cm³/mol. The highest BCUT2D eigenvalue weighted by atomic mass is 32.1. The minimum absolute atomic E-state index is 0.484. The number of carbonyl (C=O) groups excluding carboxylic acids is 1. The van der Waals surface area contributed by atoms with Gasteiger partial charge in [0.25, 0.3) is 0 Å². The molecule has 15 heavy (non-hydrogen) atoms. The smallest absolute Gasteiger partial charge is 0.285 e. The highest BCUT2D eigenvalue weighted by Crippen LogP contribution is 2.50. The minimum Gasteiger partial charge on any atom is -0.285 e. The Hall–Kier alpha value is 0.340. The van der Waals surface area contributed by atoms with Gasteiger partial charge in [0.05, 0.1) is 11.3 Å². The lowest BCUT2D eigenvalue weighted by Crippen LogP contribution is -2.33. The fraction of sp³-hybridized carbons (Fsp3) is 0.500. The summed E-state index contributed by atoms with van der Waals surface area (Å²) in [6.45, 7) is 0. The maximum atomic E-state index is 10.8. The van der Waals surface area contributed by atoms with Gasteiger partial charge in [0.2, 0.25) is 5.78 Å². The Labute approximate surface area is 91.1 Å². The molecule has 0 amide bonds. The van der Waals surface area contributed by atoms with Gasteiger partial charge in [0.15, 0.2) is 0 Å². The van der Waals surface area contributed by atoms with Crippen LogP contribution in [0.25, 0.3) is 0 Å². The van der Waals surface area contributed by atoms with E-state index in [9.17, 15) is 4.79 Å². The Kier molecular flexibility index (Phi) is 5.23. The lowest BCUT2D eigenvalue weighted by molar-refractivity contribution is -0.113. The zero-order chi connectivity index (χ0) is 12.4. The van der Waals surface area contributed by atoms with Crippen LogP contribution in [0.2, 0.25) is 0 Å². The lowest BCUT2D eigenvalue weighted by atomic mass is 10.3. The summed E-state index contributed by atoms with van der Waals surface area (Å²) in [6.07, 6.45) is -0.836. The minimum atomic E-state index is -4.67. The van der Waals surface area contributed by atoms with E-state index >= 15 is 0 Å². The number of rotatable bonds is 5. The van der Waals surface area contributed by atoms with Crippen LogP contribution in [0.1, 0.15) is 6.42 Å². The van der Waals surface area contributed by atoms with Gasteiger partial charge in [-0.1, -0.05) is 12.2 Å². The lowest BCUT2D eigenvalue weighted by Gasteiger charge is -2.12. The van der Waals surface area contributed by atoms with Gasteiger partial charge in [0, 0.05) is 0 Å². The van der Waals surface area contributed by atoms with Crippen molar-refractivity contribution in [1.82, 2.24) is 0 Å². The zero-order valence-electron chi connectivity index (χ0n) is 7.26. The molecule has 0 fully saturated rings. The number of carbonyl (C=O) groups is 1. The number of nitrogens with two attached hydrogens (primary N) is 1. The van der Waals surface area contributed by atoms with Crippen molar-refractivity contribution >= 4 is 38.5 Å². The average molecular weight is 279 g/mol. The molecule has 0 bridgehead atoms. The predicted octanol–water partition coefficient (Wildman–Crippen LogP) is -1.96. The monoisotopic (exact) mass is 279 g/mol. The highest BCUT2D eigenvalue weighted by molar-refractivity contribution is 7.82. The van der Waals surface area contributed by atoms with Gasteiger partial charge in [0.1, 0.15) is 0 Å². The van der Waals surface area contributed by atoms with Gasteiger partial charge >= 0.3 is 21.4 Å². The molecular formula is C4H11NO7P2S+2. The second-order valence-corrected chi connectivity index (χ2v) is 6.61. The van der Waals surface area contributed by atoms with Crippen molar-refractivity contribution in [2.75, 3.05) is 0 Å². The van der Waals surface area contributed by atoms with Crippen LogP contribution in [0, 0.1) is 0 Å². The van der Waals surface area contributed by atoms with E-state index in [-0.39, 0.29) is 0 Å². The molecule has 0 aliphatic heterocycles. The van der Waals surface area contributed by atoms with Crippen LogP contribution in [0.4, 0.5) is 0 Å². The van der Waals surface area contributed by atoms with Gasteiger partial charge < -0.3 is 0 Å². The van der Waals surface area contributed by atoms with E-state index in [4.69, 9.17) is 35.1 Å². The molecule has 8 N–H and O–H groups in total. The largest absolute Gasteiger partial charge is 0.478 e. The van der Waals surface area contributed by atoms with Crippen LogP contribution in [0.5, 0.6) is 0 Å². The van der Waals surface area contributed by atoms with Crippen molar-refractivity contribution in [3.8, 4) is 0 Å². The molecule has 0 aromatic heterocycles. The fourth-order valence-electron chi connectivity index (χ4n) is 0.553. The third-order valence-electron chi connectivity index (χ3n) is 1.36. The van der Waals surface area contributed by atoms with Crippen molar-refractivity contribution in [2.45, 2.75) is 12.2 Å². The molecule has 0 radical (unpaired) electrons. The summed E-state index contributed by atoms with van der Waals surface area (Å²) in [7, 11) is -9.09. The molecule has 0 aliphatic carbocycles. The molecule has 0 rings (SSSR count). The standard InChI is InChI=1S/C4H11NO7P2S/c5-4(14(10,11)12)2(15)1-3(6)13(7,8)9/h4,7-12H,1,5H2/q+2. The third kappa shape index (κ3) is 5.28. The van der Waals surface area contributed by atoms with Crippen LogP contribution in [-0.4, -0.2) is 45.5 Å². The zero-order valence-corrected chi connectivity index (χ0v) is 9.86. The van der Waals surface area contributed by atoms with E-state index in [1.54, 1.807) is 0 Å². The summed E-state index contributed by atoms with van der Waals surface area (Å²) in [4.78, 5) is 62.0. The van der Waals surface area contributed by atoms with Crippen LogP contribution >= 0.6 is 28.1 Å². The van der Waals surface area contributed by atoms with Crippen LogP contribution in [0.15, 0.2) is 0 Å². The molecule has 8 nitrogen and oxygen atoms in total. The van der Waals surface area contributed by atoms with Crippen molar-refractivity contribution in [2.24, 2.45) is 5.73 Å². The van der Waals surface area contributed by atoms with Crippen molar-refractivity contribution in [1.29, 1.82) is 0 Å². The summed E-state index contributed by atoms with van der Waals surface area (Å²) >= 11 is 4.46. The van der Waals surface area contributed by atoms with Gasteiger partial charge in [-0.25, -0.2) is 4.79 Å². The van der Waals surface area contributed by atoms with E-state index < -0.39 is 38.5 Å². The Morgan fingerprint density at radius 1 is 1.20 bits per heavy atom. The molecule has 0 aliphatic rings. The molecule has 1 unspecified atom stereocenters. The summed E-state index contributed by atoms with van der Waals surface area (Å²) < 4.78 is 0. The van der Waals surface area contributed by atoms with Gasteiger partial charge in [-0.05, 0) is 0 Å². The molecule has 88 valence electrons. The number of hydrogen-bond acceptors (Lipinski definition) is 9. The van der Waals surface area contributed by atoms with Crippen molar-refractivity contribution in [3.63, 3.8) is 0 Å². The first-order valence-electron chi connectivity index (χ1n) is 3.42. The SMILES string of the molecule is NC(C(=S)CC(=O)[P+](O)(O)O)[P+](O)(O)O. The van der Waals surface area contributed by atoms with E-state index in [0.29, 0.717) is 0 Å².